The highest BCUT2D eigenvalue weighted by atomic mass is 16.5. The third-order valence-electron chi connectivity index (χ3n) is 10.3. The maximum absolute atomic E-state index is 13.0. The van der Waals surface area contributed by atoms with Gasteiger partial charge in [-0.3, -0.25) is 9.59 Å². The van der Waals surface area contributed by atoms with Gasteiger partial charge in [-0.2, -0.15) is 0 Å². The molecule has 1 unspecified atom stereocenters. The van der Waals surface area contributed by atoms with E-state index in [0.717, 1.165) is 89.2 Å². The van der Waals surface area contributed by atoms with Crippen LogP contribution in [0.1, 0.15) is 65.0 Å². The van der Waals surface area contributed by atoms with E-state index < -0.39 is 12.1 Å². The molecule has 12 heteroatoms. The number of methoxy groups -OCH3 is 1. The third-order valence-corrected chi connectivity index (χ3v) is 10.3. The van der Waals surface area contributed by atoms with E-state index in [9.17, 15) is 14.4 Å². The lowest BCUT2D eigenvalue weighted by Crippen LogP contribution is -2.50. The van der Waals surface area contributed by atoms with E-state index in [2.05, 4.69) is 96.5 Å². The molecular weight excluding hydrogens is 705 g/mol. The van der Waals surface area contributed by atoms with Crippen LogP contribution in [0.5, 0.6) is 0 Å². The average Bonchev–Trinajstić information content (AvgIpc) is 3.88. The normalized spacial score (nSPS) is 12.5. The molecule has 298 valence electrons. The number of nitrogens with zero attached hydrogens (tertiary/aromatic N) is 3. The van der Waals surface area contributed by atoms with Crippen LogP contribution in [0.4, 0.5) is 4.79 Å². The highest BCUT2D eigenvalue weighted by Gasteiger charge is 2.27. The number of hydrogen-bond donors (Lipinski definition) is 5. The summed E-state index contributed by atoms with van der Waals surface area (Å²) in [6, 6.07) is 20.7. The molecule has 0 saturated carbocycles. The highest BCUT2D eigenvalue weighted by Crippen LogP contribution is 2.33. The van der Waals surface area contributed by atoms with Gasteiger partial charge in [-0.05, 0) is 78.6 Å². The molecule has 0 bridgehead atoms. The molecule has 5 aromatic rings. The van der Waals surface area contributed by atoms with Gasteiger partial charge in [0.1, 0.15) is 17.7 Å². The van der Waals surface area contributed by atoms with Gasteiger partial charge in [-0.25, -0.2) is 14.8 Å². The van der Waals surface area contributed by atoms with E-state index in [0.29, 0.717) is 13.1 Å². The standard InChI is InChI=1S/C44H58N8O4/c1-28(2)40(45-5)42(53)46-22-10-8-18-38-48-27-37(50-38)33-20-21-35-31(25-33)15-13-17-34(35)30-14-12-16-32(24-30)36-26-47-39(49-36)19-9-11-23-52(6)43(54)41(29(3)4)51-44(55)56-7/h12-17,20-21,24-29,40-41,45H,8-11,18-19,22-23H2,1-7H3,(H,46,53)(H,47,49)(H,48,50)(H,51,55)/t40-,41?/m0/s1. The van der Waals surface area contributed by atoms with Crippen molar-refractivity contribution < 1.29 is 19.1 Å². The Morgan fingerprint density at radius 2 is 1.39 bits per heavy atom. The van der Waals surface area contributed by atoms with Crippen LogP contribution in [0, 0.1) is 11.8 Å². The first-order valence-corrected chi connectivity index (χ1v) is 19.7. The summed E-state index contributed by atoms with van der Waals surface area (Å²) in [6.07, 6.45) is 8.24. The number of unbranched alkanes of at least 4 members (excludes halogenated alkanes) is 2. The number of alkyl carbamates (subject to hydrolysis) is 1. The second kappa shape index (κ2) is 19.9. The molecule has 56 heavy (non-hydrogen) atoms. The van der Waals surface area contributed by atoms with Crippen LogP contribution in [-0.2, 0) is 27.2 Å². The van der Waals surface area contributed by atoms with Gasteiger partial charge in [-0.1, -0.05) is 76.2 Å². The van der Waals surface area contributed by atoms with Gasteiger partial charge < -0.3 is 35.6 Å². The lowest BCUT2D eigenvalue weighted by Gasteiger charge is -2.26. The molecule has 0 fully saturated rings. The van der Waals surface area contributed by atoms with Crippen molar-refractivity contribution in [3.63, 3.8) is 0 Å². The number of likely N-dealkylation sites (N-methyl/N-ethyl adjacent to an activating group) is 2. The summed E-state index contributed by atoms with van der Waals surface area (Å²) in [4.78, 5) is 55.0. The maximum Gasteiger partial charge on any atom is 0.407 e. The first-order valence-electron chi connectivity index (χ1n) is 19.7. The summed E-state index contributed by atoms with van der Waals surface area (Å²) < 4.78 is 4.69. The van der Waals surface area contributed by atoms with E-state index in [1.54, 1.807) is 11.9 Å². The first-order chi connectivity index (χ1) is 27.0. The van der Waals surface area contributed by atoms with Crippen molar-refractivity contribution in [2.45, 2.75) is 78.3 Å². The van der Waals surface area contributed by atoms with Crippen molar-refractivity contribution >= 4 is 28.7 Å². The molecule has 0 spiro atoms. The van der Waals surface area contributed by atoms with Crippen LogP contribution in [0.15, 0.2) is 73.1 Å². The summed E-state index contributed by atoms with van der Waals surface area (Å²) in [5.74, 6) is 1.95. The van der Waals surface area contributed by atoms with E-state index in [1.165, 1.54) is 12.5 Å². The van der Waals surface area contributed by atoms with Gasteiger partial charge >= 0.3 is 6.09 Å². The Balaban J connectivity index is 1.16. The lowest BCUT2D eigenvalue weighted by atomic mass is 9.95. The number of rotatable bonds is 19. The van der Waals surface area contributed by atoms with Gasteiger partial charge in [-0.15, -0.1) is 0 Å². The molecule has 3 amide bonds. The topological polar surface area (TPSA) is 157 Å². The largest absolute Gasteiger partial charge is 0.453 e. The summed E-state index contributed by atoms with van der Waals surface area (Å²) in [7, 11) is 4.88. The number of amides is 3. The Bertz CT molecular complexity index is 2070. The maximum atomic E-state index is 13.0. The number of imidazole rings is 2. The monoisotopic (exact) mass is 762 g/mol. The van der Waals surface area contributed by atoms with Crippen LogP contribution in [0.25, 0.3) is 44.4 Å². The quantitative estimate of drug-likeness (QED) is 0.0561. The second-order valence-corrected chi connectivity index (χ2v) is 15.1. The van der Waals surface area contributed by atoms with Gasteiger partial charge in [0.15, 0.2) is 0 Å². The number of H-pyrrole nitrogens is 2. The van der Waals surface area contributed by atoms with Crippen molar-refractivity contribution in [1.82, 2.24) is 40.8 Å². The van der Waals surface area contributed by atoms with Crippen LogP contribution < -0.4 is 16.0 Å². The molecule has 0 saturated heterocycles. The predicted molar refractivity (Wildman–Crippen MR) is 223 cm³/mol. The van der Waals surface area contributed by atoms with E-state index in [1.807, 2.05) is 47.1 Å². The predicted octanol–water partition coefficient (Wildman–Crippen LogP) is 7.13. The molecular formula is C44H58N8O4. The molecule has 2 atom stereocenters. The van der Waals surface area contributed by atoms with E-state index in [-0.39, 0.29) is 29.7 Å². The van der Waals surface area contributed by atoms with Crippen molar-refractivity contribution in [3.8, 4) is 33.6 Å². The van der Waals surface area contributed by atoms with Gasteiger partial charge in [0.2, 0.25) is 11.8 Å². The Kier molecular flexibility index (Phi) is 14.8. The fourth-order valence-electron chi connectivity index (χ4n) is 7.02. The fourth-order valence-corrected chi connectivity index (χ4v) is 7.02. The zero-order valence-electron chi connectivity index (χ0n) is 33.9. The fraction of sp³-hybridized carbons (Fsp3) is 0.432. The number of fused-ring (bicyclic) bond motifs is 1. The number of aromatic amines is 2. The highest BCUT2D eigenvalue weighted by molar-refractivity contribution is 5.99. The van der Waals surface area contributed by atoms with Crippen LogP contribution in [-0.4, -0.2) is 89.1 Å². The Morgan fingerprint density at radius 3 is 2.04 bits per heavy atom. The van der Waals surface area contributed by atoms with E-state index >= 15 is 0 Å². The Hall–Kier alpha value is -5.49. The number of hydrogen-bond acceptors (Lipinski definition) is 7. The minimum atomic E-state index is -0.630. The van der Waals surface area contributed by atoms with Gasteiger partial charge in [0.25, 0.3) is 0 Å². The van der Waals surface area contributed by atoms with Crippen LogP contribution >= 0.6 is 0 Å². The second-order valence-electron chi connectivity index (χ2n) is 15.1. The molecule has 2 aromatic heterocycles. The van der Waals surface area contributed by atoms with E-state index in [4.69, 9.17) is 4.74 Å². The smallest absolute Gasteiger partial charge is 0.407 e. The zero-order chi connectivity index (χ0) is 40.2. The summed E-state index contributed by atoms with van der Waals surface area (Å²) in [5.41, 5.74) is 6.36. The van der Waals surface area contributed by atoms with Gasteiger partial charge in [0.05, 0.1) is 36.9 Å². The number of carbonyl (C=O) groups excluding carboxylic acids is 3. The Labute approximate surface area is 330 Å². The number of aryl methyl sites for hydroxylation is 2. The molecule has 0 aliphatic heterocycles. The van der Waals surface area contributed by atoms with Crippen molar-refractivity contribution in [1.29, 1.82) is 0 Å². The third kappa shape index (κ3) is 10.8. The van der Waals surface area contributed by atoms with Crippen molar-refractivity contribution in [2.24, 2.45) is 11.8 Å². The SMILES string of the molecule is CN[C@H](C(=O)NCCCCc1ncc(-c2ccc3c(-c4cccc(-c5cnc(CCCCN(C)C(=O)C(NC(=O)OC)C(C)C)[nH]5)c4)cccc3c2)[nH]1)C(C)C. The van der Waals surface area contributed by atoms with Crippen molar-refractivity contribution in [3.05, 3.63) is 84.7 Å². The number of ether oxygens (including phenoxy) is 1. The summed E-state index contributed by atoms with van der Waals surface area (Å²) in [6.45, 7) is 9.11. The summed E-state index contributed by atoms with van der Waals surface area (Å²) >= 11 is 0. The number of nitrogens with one attached hydrogen (secondary N) is 5. The molecule has 12 nitrogen and oxygen atoms in total. The average molecular weight is 763 g/mol. The van der Waals surface area contributed by atoms with Crippen LogP contribution in [0.2, 0.25) is 0 Å². The first kappa shape index (κ1) is 41.7. The minimum absolute atomic E-state index is 0.0519. The summed E-state index contributed by atoms with van der Waals surface area (Å²) in [5, 5.41) is 11.1. The molecule has 5 N–H and O–H groups in total. The number of benzene rings is 3. The lowest BCUT2D eigenvalue weighted by molar-refractivity contribution is -0.133. The van der Waals surface area contributed by atoms with Crippen molar-refractivity contribution in [2.75, 3.05) is 34.3 Å². The Morgan fingerprint density at radius 1 is 0.768 bits per heavy atom. The molecule has 0 aliphatic carbocycles. The molecule has 2 heterocycles. The number of aromatic nitrogens is 4. The number of carbonyl (C=O) groups is 3. The van der Waals surface area contributed by atoms with Crippen LogP contribution in [0.3, 0.4) is 0 Å². The molecule has 3 aromatic carbocycles. The molecule has 5 rings (SSSR count). The zero-order valence-corrected chi connectivity index (χ0v) is 33.9. The minimum Gasteiger partial charge on any atom is -0.453 e. The molecule has 0 radical (unpaired) electrons. The van der Waals surface area contributed by atoms with Gasteiger partial charge in [0, 0.05) is 44.1 Å². The molecule has 0 aliphatic rings.